The smallest absolute Gasteiger partial charge is 0.183 e. The van der Waals surface area contributed by atoms with Crippen molar-refractivity contribution < 1.29 is 13.5 Å². The van der Waals surface area contributed by atoms with E-state index in [-0.39, 0.29) is 23.1 Å². The summed E-state index contributed by atoms with van der Waals surface area (Å²) in [5, 5.41) is 12.8. The molecule has 1 aromatic heterocycles. The quantitative estimate of drug-likeness (QED) is 0.641. The zero-order valence-corrected chi connectivity index (χ0v) is 17.2. The highest BCUT2D eigenvalue weighted by Gasteiger charge is 2.30. The summed E-state index contributed by atoms with van der Waals surface area (Å²) in [4.78, 5) is 9.27. The lowest BCUT2D eigenvalue weighted by molar-refractivity contribution is 0.299. The molecular weight excluding hydrogens is 410 g/mol. The Labute approximate surface area is 174 Å². The first kappa shape index (κ1) is 19.8. The van der Waals surface area contributed by atoms with Gasteiger partial charge in [0.25, 0.3) is 0 Å². The number of sulfone groups is 1. The minimum atomic E-state index is -3.46. The minimum Gasteiger partial charge on any atom is -0.396 e. The Kier molecular flexibility index (Phi) is 5.54. The minimum absolute atomic E-state index is 0.0768. The van der Waals surface area contributed by atoms with Gasteiger partial charge in [-0.25, -0.2) is 18.4 Å². The number of benzene rings is 2. The molecule has 0 radical (unpaired) electrons. The molecule has 0 spiro atoms. The topological polar surface area (TPSA) is 92.2 Å². The summed E-state index contributed by atoms with van der Waals surface area (Å²) in [7, 11) is -3.46. The van der Waals surface area contributed by atoms with Crippen molar-refractivity contribution in [2.75, 3.05) is 17.7 Å². The third-order valence-corrected chi connectivity index (χ3v) is 6.89. The Morgan fingerprint density at radius 1 is 1.10 bits per heavy atom. The highest BCUT2D eigenvalue weighted by atomic mass is 35.5. The Balaban J connectivity index is 1.81. The second-order valence-electron chi connectivity index (χ2n) is 6.90. The number of nitrogens with one attached hydrogen (secondary N) is 1. The lowest BCUT2D eigenvalue weighted by Crippen LogP contribution is -2.20. The van der Waals surface area contributed by atoms with Crippen LogP contribution in [-0.2, 0) is 22.7 Å². The molecule has 0 saturated heterocycles. The molecular formula is C21H20ClN3O3S. The van der Waals surface area contributed by atoms with Gasteiger partial charge in [-0.1, -0.05) is 35.9 Å². The van der Waals surface area contributed by atoms with Gasteiger partial charge < -0.3 is 10.4 Å². The molecule has 0 unspecified atom stereocenters. The van der Waals surface area contributed by atoms with Gasteiger partial charge in [0.05, 0.1) is 11.4 Å². The van der Waals surface area contributed by atoms with Gasteiger partial charge in [0.2, 0.25) is 0 Å². The first-order valence-corrected chi connectivity index (χ1v) is 11.4. The van der Waals surface area contributed by atoms with Crippen molar-refractivity contribution in [3.05, 3.63) is 64.8 Å². The predicted octanol–water partition coefficient (Wildman–Crippen LogP) is 3.80. The summed E-state index contributed by atoms with van der Waals surface area (Å²) in [5.41, 5.74) is 2.96. The molecule has 0 atom stereocenters. The molecule has 2 heterocycles. The lowest BCUT2D eigenvalue weighted by atomic mass is 10.1. The number of anilines is 2. The van der Waals surface area contributed by atoms with Gasteiger partial charge in [0.1, 0.15) is 4.90 Å². The Morgan fingerprint density at radius 2 is 1.90 bits per heavy atom. The highest BCUT2D eigenvalue weighted by molar-refractivity contribution is 7.91. The van der Waals surface area contributed by atoms with Crippen LogP contribution in [0.4, 0.5) is 11.5 Å². The molecule has 0 fully saturated rings. The average Bonchev–Trinajstić information content (AvgIpc) is 2.69. The van der Waals surface area contributed by atoms with Crippen LogP contribution in [0.2, 0.25) is 5.02 Å². The van der Waals surface area contributed by atoms with Gasteiger partial charge in [-0.05, 0) is 49.1 Å². The summed E-state index contributed by atoms with van der Waals surface area (Å²) in [6.45, 7) is 0.0768. The maximum absolute atomic E-state index is 12.8. The van der Waals surface area contributed by atoms with Crippen LogP contribution in [-0.4, -0.2) is 35.9 Å². The molecule has 8 heteroatoms. The number of hydrogen-bond acceptors (Lipinski definition) is 6. The van der Waals surface area contributed by atoms with E-state index in [1.165, 1.54) is 0 Å². The van der Waals surface area contributed by atoms with Crippen LogP contribution >= 0.6 is 11.6 Å². The second-order valence-corrected chi connectivity index (χ2v) is 9.38. The van der Waals surface area contributed by atoms with Crippen molar-refractivity contribution in [3.63, 3.8) is 0 Å². The van der Waals surface area contributed by atoms with E-state index in [1.807, 2.05) is 36.4 Å². The maximum Gasteiger partial charge on any atom is 0.183 e. The van der Waals surface area contributed by atoms with Crippen molar-refractivity contribution in [3.8, 4) is 11.4 Å². The molecule has 29 heavy (non-hydrogen) atoms. The van der Waals surface area contributed by atoms with E-state index >= 15 is 0 Å². The van der Waals surface area contributed by atoms with E-state index in [0.29, 0.717) is 41.5 Å². The SMILES string of the molecule is O=S1(=O)CCCc2nc(-c3cccc(Cl)c3)nc(Nc3ccc(CCO)cc3)c21. The summed E-state index contributed by atoms with van der Waals surface area (Å²) >= 11 is 6.11. The number of halogens is 1. The highest BCUT2D eigenvalue weighted by Crippen LogP contribution is 2.33. The molecule has 0 saturated carbocycles. The Bertz CT molecular complexity index is 1150. The van der Waals surface area contributed by atoms with Crippen LogP contribution in [0.15, 0.2) is 53.4 Å². The molecule has 0 aliphatic carbocycles. The zero-order valence-electron chi connectivity index (χ0n) is 15.6. The molecule has 4 rings (SSSR count). The number of aliphatic hydroxyl groups excluding tert-OH is 1. The Morgan fingerprint density at radius 3 is 2.62 bits per heavy atom. The van der Waals surface area contributed by atoms with Gasteiger partial charge in [0, 0.05) is 22.9 Å². The normalized spacial score (nSPS) is 15.0. The number of fused-ring (bicyclic) bond motifs is 1. The van der Waals surface area contributed by atoms with Crippen molar-refractivity contribution in [1.82, 2.24) is 9.97 Å². The van der Waals surface area contributed by atoms with Crippen LogP contribution < -0.4 is 5.32 Å². The predicted molar refractivity (Wildman–Crippen MR) is 113 cm³/mol. The fraction of sp³-hybridized carbons (Fsp3) is 0.238. The summed E-state index contributed by atoms with van der Waals surface area (Å²) < 4.78 is 25.5. The van der Waals surface area contributed by atoms with E-state index in [2.05, 4.69) is 15.3 Å². The van der Waals surface area contributed by atoms with Crippen LogP contribution in [0, 0.1) is 0 Å². The van der Waals surface area contributed by atoms with Gasteiger partial charge in [-0.3, -0.25) is 0 Å². The number of aryl methyl sites for hydroxylation is 1. The molecule has 1 aliphatic heterocycles. The van der Waals surface area contributed by atoms with Gasteiger partial charge >= 0.3 is 0 Å². The van der Waals surface area contributed by atoms with Gasteiger partial charge in [-0.2, -0.15) is 0 Å². The summed E-state index contributed by atoms with van der Waals surface area (Å²) in [6, 6.07) is 14.6. The molecule has 0 amide bonds. The number of hydrogen-bond donors (Lipinski definition) is 2. The van der Waals surface area contributed by atoms with Crippen molar-refractivity contribution in [2.24, 2.45) is 0 Å². The van der Waals surface area contributed by atoms with E-state index < -0.39 is 9.84 Å². The van der Waals surface area contributed by atoms with Gasteiger partial charge in [-0.15, -0.1) is 0 Å². The largest absolute Gasteiger partial charge is 0.396 e. The van der Waals surface area contributed by atoms with E-state index in [4.69, 9.17) is 16.7 Å². The standard InChI is InChI=1S/C21H20ClN3O3S/c22-16-4-1-3-15(13-16)20-24-18-5-2-12-29(27,28)19(18)21(25-20)23-17-8-6-14(7-9-17)10-11-26/h1,3-4,6-9,13,26H,2,5,10-12H2,(H,23,24,25). The first-order valence-electron chi connectivity index (χ1n) is 9.33. The zero-order chi connectivity index (χ0) is 20.4. The number of rotatable bonds is 5. The fourth-order valence-corrected chi connectivity index (χ4v) is 5.20. The molecule has 3 aromatic rings. The van der Waals surface area contributed by atoms with Crippen LogP contribution in [0.25, 0.3) is 11.4 Å². The molecule has 150 valence electrons. The third kappa shape index (κ3) is 4.27. The van der Waals surface area contributed by atoms with Crippen molar-refractivity contribution >= 4 is 32.9 Å². The average molecular weight is 430 g/mol. The van der Waals surface area contributed by atoms with Crippen molar-refractivity contribution in [2.45, 2.75) is 24.2 Å². The van der Waals surface area contributed by atoms with Gasteiger partial charge in [0.15, 0.2) is 21.5 Å². The number of aliphatic hydroxyl groups is 1. The fourth-order valence-electron chi connectivity index (χ4n) is 3.39. The number of nitrogens with zero attached hydrogens (tertiary/aromatic N) is 2. The molecule has 0 bridgehead atoms. The van der Waals surface area contributed by atoms with E-state index in [0.717, 1.165) is 11.1 Å². The van der Waals surface area contributed by atoms with Crippen LogP contribution in [0.5, 0.6) is 0 Å². The third-order valence-electron chi connectivity index (χ3n) is 4.77. The second kappa shape index (κ2) is 8.10. The first-order chi connectivity index (χ1) is 14.0. The molecule has 1 aliphatic rings. The van der Waals surface area contributed by atoms with Crippen LogP contribution in [0.3, 0.4) is 0 Å². The van der Waals surface area contributed by atoms with Crippen molar-refractivity contribution in [1.29, 1.82) is 0 Å². The van der Waals surface area contributed by atoms with E-state index in [1.54, 1.807) is 12.1 Å². The summed E-state index contributed by atoms with van der Waals surface area (Å²) in [6.07, 6.45) is 1.68. The Hall–Kier alpha value is -2.48. The molecule has 2 aromatic carbocycles. The molecule has 6 nitrogen and oxygen atoms in total. The van der Waals surface area contributed by atoms with E-state index in [9.17, 15) is 8.42 Å². The van der Waals surface area contributed by atoms with Crippen LogP contribution in [0.1, 0.15) is 17.7 Å². The molecule has 2 N–H and O–H groups in total. The maximum atomic E-state index is 12.8. The number of aromatic nitrogens is 2. The summed E-state index contributed by atoms with van der Waals surface area (Å²) in [5.74, 6) is 0.798. The lowest BCUT2D eigenvalue weighted by Gasteiger charge is -2.20. The monoisotopic (exact) mass is 429 g/mol.